The van der Waals surface area contributed by atoms with Crippen LogP contribution in [-0.2, 0) is 0 Å². The van der Waals surface area contributed by atoms with E-state index < -0.39 is 6.10 Å². The lowest BCUT2D eigenvalue weighted by Crippen LogP contribution is -1.98. The monoisotopic (exact) mass is 232 g/mol. The zero-order chi connectivity index (χ0) is 12.5. The SMILES string of the molecule is C#CCCCC(O)c1ccc(OCCC)cc1. The Balaban J connectivity index is 2.46. The number of terminal acetylenes is 1. The summed E-state index contributed by atoms with van der Waals surface area (Å²) < 4.78 is 5.48. The Labute approximate surface area is 104 Å². The number of aliphatic hydroxyl groups excluding tert-OH is 1. The maximum Gasteiger partial charge on any atom is 0.119 e. The van der Waals surface area contributed by atoms with Crippen molar-refractivity contribution in [2.45, 2.75) is 38.7 Å². The van der Waals surface area contributed by atoms with Gasteiger partial charge in [-0.15, -0.1) is 12.3 Å². The Morgan fingerprint density at radius 2 is 2.06 bits per heavy atom. The first kappa shape index (κ1) is 13.6. The summed E-state index contributed by atoms with van der Waals surface area (Å²) >= 11 is 0. The lowest BCUT2D eigenvalue weighted by molar-refractivity contribution is 0.165. The molecule has 1 N–H and O–H groups in total. The van der Waals surface area contributed by atoms with Crippen molar-refractivity contribution in [3.05, 3.63) is 29.8 Å². The predicted octanol–water partition coefficient (Wildman–Crippen LogP) is 3.31. The van der Waals surface area contributed by atoms with Crippen LogP contribution in [0.5, 0.6) is 5.75 Å². The van der Waals surface area contributed by atoms with Gasteiger partial charge in [-0.2, -0.15) is 0 Å². The second-order valence-electron chi connectivity index (χ2n) is 4.03. The van der Waals surface area contributed by atoms with Gasteiger partial charge in [-0.1, -0.05) is 19.1 Å². The highest BCUT2D eigenvalue weighted by molar-refractivity contribution is 5.28. The highest BCUT2D eigenvalue weighted by Crippen LogP contribution is 2.21. The molecule has 92 valence electrons. The van der Waals surface area contributed by atoms with Gasteiger partial charge in [0.1, 0.15) is 5.75 Å². The number of hydrogen-bond donors (Lipinski definition) is 1. The highest BCUT2D eigenvalue weighted by atomic mass is 16.5. The van der Waals surface area contributed by atoms with Gasteiger partial charge in [-0.25, -0.2) is 0 Å². The number of ether oxygens (including phenoxy) is 1. The van der Waals surface area contributed by atoms with Crippen molar-refractivity contribution in [1.29, 1.82) is 0 Å². The standard InChI is InChI=1S/C15H20O2/c1-3-5-6-7-15(16)13-8-10-14(11-9-13)17-12-4-2/h1,8-11,15-16H,4-7,12H2,2H3. The maximum atomic E-state index is 9.90. The molecule has 0 spiro atoms. The first-order valence-electron chi connectivity index (χ1n) is 6.12. The molecule has 1 aromatic rings. The number of benzene rings is 1. The van der Waals surface area contributed by atoms with Gasteiger partial charge in [-0.3, -0.25) is 0 Å². The van der Waals surface area contributed by atoms with Crippen molar-refractivity contribution in [1.82, 2.24) is 0 Å². The zero-order valence-corrected chi connectivity index (χ0v) is 10.4. The molecule has 0 aliphatic carbocycles. The Bertz CT molecular complexity index is 348. The summed E-state index contributed by atoms with van der Waals surface area (Å²) in [6, 6.07) is 7.61. The molecule has 1 unspecified atom stereocenters. The van der Waals surface area contributed by atoms with Gasteiger partial charge in [0, 0.05) is 6.42 Å². The molecule has 0 aromatic heterocycles. The molecular weight excluding hydrogens is 212 g/mol. The molecule has 0 fully saturated rings. The highest BCUT2D eigenvalue weighted by Gasteiger charge is 2.06. The molecule has 1 aromatic carbocycles. The van der Waals surface area contributed by atoms with Gasteiger partial charge in [-0.05, 0) is 37.0 Å². The second kappa shape index (κ2) is 7.76. The number of rotatable bonds is 7. The summed E-state index contributed by atoms with van der Waals surface area (Å²) in [6.07, 6.45) is 8.02. The maximum absolute atomic E-state index is 9.90. The Morgan fingerprint density at radius 1 is 1.35 bits per heavy atom. The van der Waals surface area contributed by atoms with E-state index in [9.17, 15) is 5.11 Å². The third-order valence-electron chi connectivity index (χ3n) is 2.54. The fourth-order valence-electron chi connectivity index (χ4n) is 1.57. The first-order chi connectivity index (χ1) is 8.27. The molecule has 2 nitrogen and oxygen atoms in total. The van der Waals surface area contributed by atoms with Gasteiger partial charge < -0.3 is 9.84 Å². The minimum atomic E-state index is -0.427. The fourth-order valence-corrected chi connectivity index (χ4v) is 1.57. The smallest absolute Gasteiger partial charge is 0.119 e. The average Bonchev–Trinajstić information content (AvgIpc) is 2.37. The minimum Gasteiger partial charge on any atom is -0.494 e. The summed E-state index contributed by atoms with van der Waals surface area (Å²) in [5.74, 6) is 3.43. The molecule has 0 heterocycles. The van der Waals surface area contributed by atoms with E-state index in [1.807, 2.05) is 24.3 Å². The quantitative estimate of drug-likeness (QED) is 0.577. The van der Waals surface area contributed by atoms with E-state index in [0.717, 1.165) is 37.2 Å². The van der Waals surface area contributed by atoms with E-state index in [4.69, 9.17) is 11.2 Å². The van der Waals surface area contributed by atoms with Gasteiger partial charge in [0.2, 0.25) is 0 Å². The van der Waals surface area contributed by atoms with E-state index >= 15 is 0 Å². The third kappa shape index (κ3) is 4.93. The van der Waals surface area contributed by atoms with Crippen LogP contribution in [0.4, 0.5) is 0 Å². The van der Waals surface area contributed by atoms with Crippen molar-refractivity contribution in [2.75, 3.05) is 6.61 Å². The summed E-state index contributed by atoms with van der Waals surface area (Å²) in [5.41, 5.74) is 0.922. The summed E-state index contributed by atoms with van der Waals surface area (Å²) in [5, 5.41) is 9.90. The molecule has 0 saturated heterocycles. The Hall–Kier alpha value is -1.46. The van der Waals surface area contributed by atoms with Gasteiger partial charge >= 0.3 is 0 Å². The van der Waals surface area contributed by atoms with Crippen LogP contribution in [-0.4, -0.2) is 11.7 Å². The van der Waals surface area contributed by atoms with Crippen molar-refractivity contribution in [3.63, 3.8) is 0 Å². The molecule has 0 aliphatic heterocycles. The normalized spacial score (nSPS) is 11.8. The minimum absolute atomic E-state index is 0.427. The average molecular weight is 232 g/mol. The zero-order valence-electron chi connectivity index (χ0n) is 10.4. The fraction of sp³-hybridized carbons (Fsp3) is 0.467. The van der Waals surface area contributed by atoms with E-state index in [-0.39, 0.29) is 0 Å². The van der Waals surface area contributed by atoms with Crippen molar-refractivity contribution < 1.29 is 9.84 Å². The Morgan fingerprint density at radius 3 is 2.65 bits per heavy atom. The second-order valence-corrected chi connectivity index (χ2v) is 4.03. The van der Waals surface area contributed by atoms with Crippen LogP contribution in [0.15, 0.2) is 24.3 Å². The first-order valence-corrected chi connectivity index (χ1v) is 6.12. The van der Waals surface area contributed by atoms with Gasteiger partial charge in [0.05, 0.1) is 12.7 Å². The largest absolute Gasteiger partial charge is 0.494 e. The van der Waals surface area contributed by atoms with Crippen LogP contribution in [0.2, 0.25) is 0 Å². The summed E-state index contributed by atoms with van der Waals surface area (Å²) in [7, 11) is 0. The van der Waals surface area contributed by atoms with Crippen LogP contribution >= 0.6 is 0 Å². The van der Waals surface area contributed by atoms with E-state index in [1.165, 1.54) is 0 Å². The lowest BCUT2D eigenvalue weighted by Gasteiger charge is -2.11. The van der Waals surface area contributed by atoms with Crippen LogP contribution in [0, 0.1) is 12.3 Å². The van der Waals surface area contributed by atoms with Crippen molar-refractivity contribution in [2.24, 2.45) is 0 Å². The molecule has 0 aliphatic rings. The van der Waals surface area contributed by atoms with Gasteiger partial charge in [0.15, 0.2) is 0 Å². The molecule has 0 radical (unpaired) electrons. The molecule has 1 rings (SSSR count). The van der Waals surface area contributed by atoms with Crippen LogP contribution in [0.25, 0.3) is 0 Å². The van der Waals surface area contributed by atoms with Crippen LogP contribution in [0.3, 0.4) is 0 Å². The summed E-state index contributed by atoms with van der Waals surface area (Å²) in [4.78, 5) is 0. The van der Waals surface area contributed by atoms with E-state index in [2.05, 4.69) is 12.8 Å². The van der Waals surface area contributed by atoms with E-state index in [1.54, 1.807) is 0 Å². The van der Waals surface area contributed by atoms with Crippen molar-refractivity contribution in [3.8, 4) is 18.1 Å². The van der Waals surface area contributed by atoms with Crippen molar-refractivity contribution >= 4 is 0 Å². The molecular formula is C15H20O2. The molecule has 0 amide bonds. The molecule has 0 saturated carbocycles. The molecule has 17 heavy (non-hydrogen) atoms. The number of aliphatic hydroxyl groups is 1. The number of unbranched alkanes of at least 4 members (excludes halogenated alkanes) is 1. The predicted molar refractivity (Wildman–Crippen MR) is 69.9 cm³/mol. The van der Waals surface area contributed by atoms with Crippen LogP contribution in [0.1, 0.15) is 44.3 Å². The Kier molecular flexibility index (Phi) is 6.21. The summed E-state index contributed by atoms with van der Waals surface area (Å²) in [6.45, 7) is 2.80. The lowest BCUT2D eigenvalue weighted by atomic mass is 10.0. The van der Waals surface area contributed by atoms with Crippen LogP contribution < -0.4 is 4.74 Å². The molecule has 0 bridgehead atoms. The molecule has 2 heteroatoms. The topological polar surface area (TPSA) is 29.5 Å². The number of hydrogen-bond acceptors (Lipinski definition) is 2. The third-order valence-corrected chi connectivity index (χ3v) is 2.54. The van der Waals surface area contributed by atoms with E-state index in [0.29, 0.717) is 6.42 Å². The van der Waals surface area contributed by atoms with Gasteiger partial charge in [0.25, 0.3) is 0 Å². The molecule has 1 atom stereocenters.